The Labute approximate surface area is 155 Å². The highest BCUT2D eigenvalue weighted by Gasteiger charge is 2.02. The Morgan fingerprint density at radius 2 is 1.21 bits per heavy atom. The van der Waals surface area contributed by atoms with E-state index in [2.05, 4.69) is 24.9 Å². The Morgan fingerprint density at radius 1 is 0.750 bits per heavy atom. The molecule has 24 heavy (non-hydrogen) atoms. The molecule has 0 unspecified atom stereocenters. The summed E-state index contributed by atoms with van der Waals surface area (Å²) >= 11 is 6.07. The topological polar surface area (TPSA) is 12.9 Å². The lowest BCUT2D eigenvalue weighted by molar-refractivity contribution is 0.535. The number of halogens is 1. The maximum Gasteiger partial charge on any atom is 0.132 e. The van der Waals surface area contributed by atoms with Crippen molar-refractivity contribution in [2.24, 2.45) is 0 Å². The van der Waals surface area contributed by atoms with Crippen LogP contribution < -0.4 is 0 Å². The summed E-state index contributed by atoms with van der Waals surface area (Å²) in [5, 5.41) is 0.665. The number of rotatable bonds is 15. The number of pyridine rings is 1. The molecule has 0 aliphatic rings. The van der Waals surface area contributed by atoms with E-state index in [-0.39, 0.29) is 0 Å². The molecule has 0 aliphatic heterocycles. The van der Waals surface area contributed by atoms with Gasteiger partial charge in [0.15, 0.2) is 0 Å². The van der Waals surface area contributed by atoms with Crippen molar-refractivity contribution in [1.29, 1.82) is 0 Å². The van der Waals surface area contributed by atoms with Crippen molar-refractivity contribution in [3.05, 3.63) is 28.5 Å². The minimum Gasteiger partial charge on any atom is -0.244 e. The number of aryl methyl sites for hydroxylation is 1. The second-order valence-electron chi connectivity index (χ2n) is 7.23. The second kappa shape index (κ2) is 14.8. The summed E-state index contributed by atoms with van der Waals surface area (Å²) in [5.41, 5.74) is 2.53. The Kier molecular flexibility index (Phi) is 13.2. The van der Waals surface area contributed by atoms with E-state index in [4.69, 9.17) is 11.6 Å². The van der Waals surface area contributed by atoms with Gasteiger partial charge in [0.2, 0.25) is 0 Å². The van der Waals surface area contributed by atoms with Gasteiger partial charge in [-0.1, -0.05) is 102 Å². The van der Waals surface area contributed by atoms with Gasteiger partial charge in [0.1, 0.15) is 5.15 Å². The molecule has 0 spiro atoms. The van der Waals surface area contributed by atoms with Crippen LogP contribution in [-0.4, -0.2) is 4.98 Å². The van der Waals surface area contributed by atoms with Crippen LogP contribution in [0.1, 0.15) is 108 Å². The number of hydrogen-bond donors (Lipinski definition) is 0. The first-order valence-electron chi connectivity index (χ1n) is 10.4. The lowest BCUT2D eigenvalue weighted by Crippen LogP contribution is -1.92. The third-order valence-corrected chi connectivity index (χ3v) is 5.44. The lowest BCUT2D eigenvalue weighted by Gasteiger charge is -2.06. The summed E-state index contributed by atoms with van der Waals surface area (Å²) < 4.78 is 0. The van der Waals surface area contributed by atoms with Crippen LogP contribution >= 0.6 is 11.6 Å². The van der Waals surface area contributed by atoms with Crippen molar-refractivity contribution in [3.63, 3.8) is 0 Å². The summed E-state index contributed by atoms with van der Waals surface area (Å²) in [6, 6.07) is 2.11. The van der Waals surface area contributed by atoms with E-state index in [0.29, 0.717) is 5.15 Å². The highest BCUT2D eigenvalue weighted by Crippen LogP contribution is 2.19. The molecule has 0 saturated heterocycles. The molecule has 0 atom stereocenters. The molecule has 0 saturated carbocycles. The monoisotopic (exact) mass is 351 g/mol. The molecular weight excluding hydrogens is 314 g/mol. The second-order valence-corrected chi connectivity index (χ2v) is 7.59. The zero-order valence-corrected chi connectivity index (χ0v) is 16.8. The lowest BCUT2D eigenvalue weighted by atomic mass is 10.0. The van der Waals surface area contributed by atoms with Gasteiger partial charge in [0.05, 0.1) is 0 Å². The zero-order chi connectivity index (χ0) is 17.5. The summed E-state index contributed by atoms with van der Waals surface area (Å²) in [6.07, 6.45) is 22.7. The van der Waals surface area contributed by atoms with Crippen LogP contribution in [0.5, 0.6) is 0 Å². The molecule has 0 amide bonds. The molecule has 2 heteroatoms. The van der Waals surface area contributed by atoms with E-state index >= 15 is 0 Å². The van der Waals surface area contributed by atoms with Crippen LogP contribution in [0.2, 0.25) is 5.15 Å². The third kappa shape index (κ3) is 10.3. The number of aromatic nitrogens is 1. The summed E-state index contributed by atoms with van der Waals surface area (Å²) in [5.74, 6) is 0. The minimum atomic E-state index is 0.665. The van der Waals surface area contributed by atoms with Gasteiger partial charge in [-0.2, -0.15) is 0 Å². The first-order chi connectivity index (χ1) is 11.8. The Morgan fingerprint density at radius 3 is 1.71 bits per heavy atom. The molecule has 0 aromatic carbocycles. The minimum absolute atomic E-state index is 0.665. The van der Waals surface area contributed by atoms with Crippen molar-refractivity contribution < 1.29 is 0 Å². The molecule has 0 radical (unpaired) electrons. The van der Waals surface area contributed by atoms with Gasteiger partial charge in [-0.25, -0.2) is 4.98 Å². The third-order valence-electron chi connectivity index (χ3n) is 5.05. The molecule has 0 aliphatic carbocycles. The van der Waals surface area contributed by atoms with Crippen LogP contribution in [0.4, 0.5) is 0 Å². The highest BCUT2D eigenvalue weighted by molar-refractivity contribution is 6.30. The van der Waals surface area contributed by atoms with Gasteiger partial charge in [-0.05, 0) is 37.0 Å². The molecule has 1 nitrogen and oxygen atoms in total. The average molecular weight is 352 g/mol. The van der Waals surface area contributed by atoms with Crippen LogP contribution in [-0.2, 0) is 6.42 Å². The molecular formula is C22H38ClN. The van der Waals surface area contributed by atoms with Crippen molar-refractivity contribution in [2.45, 2.75) is 110 Å². The van der Waals surface area contributed by atoms with E-state index in [1.54, 1.807) is 0 Å². The van der Waals surface area contributed by atoms with Crippen molar-refractivity contribution in [3.8, 4) is 0 Å². The maximum atomic E-state index is 6.07. The van der Waals surface area contributed by atoms with Crippen molar-refractivity contribution in [2.75, 3.05) is 0 Å². The van der Waals surface area contributed by atoms with Gasteiger partial charge < -0.3 is 0 Å². The average Bonchev–Trinajstić information content (AvgIpc) is 2.58. The smallest absolute Gasteiger partial charge is 0.132 e. The molecule has 1 heterocycles. The Balaban J connectivity index is 1.85. The summed E-state index contributed by atoms with van der Waals surface area (Å²) in [6.45, 7) is 4.37. The molecule has 0 fully saturated rings. The summed E-state index contributed by atoms with van der Waals surface area (Å²) in [4.78, 5) is 4.12. The molecule has 1 aromatic heterocycles. The largest absolute Gasteiger partial charge is 0.244 e. The van der Waals surface area contributed by atoms with Gasteiger partial charge >= 0.3 is 0 Å². The van der Waals surface area contributed by atoms with Crippen LogP contribution in [0.25, 0.3) is 0 Å². The first-order valence-corrected chi connectivity index (χ1v) is 10.7. The first kappa shape index (κ1) is 21.5. The quantitative estimate of drug-likeness (QED) is 0.230. The molecule has 1 rings (SSSR count). The van der Waals surface area contributed by atoms with E-state index in [9.17, 15) is 0 Å². The van der Waals surface area contributed by atoms with Crippen LogP contribution in [0, 0.1) is 6.92 Å². The van der Waals surface area contributed by atoms with Gasteiger partial charge in [-0.15, -0.1) is 0 Å². The number of unbranched alkanes of at least 4 members (excludes halogenated alkanes) is 13. The number of hydrogen-bond acceptors (Lipinski definition) is 1. The molecule has 0 bridgehead atoms. The highest BCUT2D eigenvalue weighted by atomic mass is 35.5. The Hall–Kier alpha value is -0.560. The fourth-order valence-corrected chi connectivity index (χ4v) is 3.51. The number of nitrogens with zero attached hydrogens (tertiary/aromatic N) is 1. The summed E-state index contributed by atoms with van der Waals surface area (Å²) in [7, 11) is 0. The maximum absolute atomic E-state index is 6.07. The molecule has 1 aromatic rings. The van der Waals surface area contributed by atoms with Crippen molar-refractivity contribution in [1.82, 2.24) is 4.98 Å². The zero-order valence-electron chi connectivity index (χ0n) is 16.1. The van der Waals surface area contributed by atoms with E-state index < -0.39 is 0 Å². The SMILES string of the molecule is CCCCCCCCCCCCCCCCc1ccnc(Cl)c1C. The fourth-order valence-electron chi connectivity index (χ4n) is 3.33. The van der Waals surface area contributed by atoms with E-state index in [0.717, 1.165) is 12.0 Å². The van der Waals surface area contributed by atoms with E-state index in [1.807, 2.05) is 6.20 Å². The Bertz CT molecular complexity index is 416. The van der Waals surface area contributed by atoms with Crippen LogP contribution in [0.15, 0.2) is 12.3 Å². The molecule has 0 N–H and O–H groups in total. The van der Waals surface area contributed by atoms with Crippen LogP contribution in [0.3, 0.4) is 0 Å². The predicted molar refractivity (Wildman–Crippen MR) is 108 cm³/mol. The fraction of sp³-hybridized carbons (Fsp3) is 0.773. The van der Waals surface area contributed by atoms with E-state index in [1.165, 1.54) is 95.5 Å². The van der Waals surface area contributed by atoms with Crippen molar-refractivity contribution >= 4 is 11.6 Å². The predicted octanol–water partition coefficient (Wildman–Crippen LogP) is 8.07. The van der Waals surface area contributed by atoms with Gasteiger partial charge in [-0.3, -0.25) is 0 Å². The van der Waals surface area contributed by atoms with Gasteiger partial charge in [0.25, 0.3) is 0 Å². The normalized spacial score (nSPS) is 11.1. The molecule has 138 valence electrons. The standard InChI is InChI=1S/C22H38ClN/c1-3-4-5-6-7-8-9-10-11-12-13-14-15-16-17-21-18-19-24-22(23)20(21)2/h18-19H,3-17H2,1-2H3. The van der Waals surface area contributed by atoms with Gasteiger partial charge in [0, 0.05) is 6.20 Å².